The fourth-order valence-corrected chi connectivity index (χ4v) is 2.61. The number of rotatable bonds is 1. The standard InChI is InChI=1S/C15H11Cl2FN2/c1-8-9(2)20-7-11(17)5-13(15(20)19-8)12-4-3-10(16)6-14(12)18/h3-7H,1-2H3. The van der Waals surface area contributed by atoms with E-state index < -0.39 is 0 Å². The van der Waals surface area contributed by atoms with Crippen molar-refractivity contribution in [2.75, 3.05) is 0 Å². The SMILES string of the molecule is Cc1nc2c(-c3ccc(Cl)cc3F)cc(Cl)cn2c1C. The first kappa shape index (κ1) is 13.4. The van der Waals surface area contributed by atoms with Crippen molar-refractivity contribution < 1.29 is 4.39 Å². The zero-order valence-corrected chi connectivity index (χ0v) is 12.4. The minimum atomic E-state index is -0.389. The number of aromatic nitrogens is 2. The topological polar surface area (TPSA) is 17.3 Å². The van der Waals surface area contributed by atoms with Gasteiger partial charge >= 0.3 is 0 Å². The van der Waals surface area contributed by atoms with Gasteiger partial charge in [0.2, 0.25) is 0 Å². The van der Waals surface area contributed by atoms with E-state index in [1.807, 2.05) is 18.2 Å². The molecule has 0 radical (unpaired) electrons. The van der Waals surface area contributed by atoms with Crippen LogP contribution in [0.3, 0.4) is 0 Å². The van der Waals surface area contributed by atoms with Crippen molar-refractivity contribution in [1.82, 2.24) is 9.38 Å². The summed E-state index contributed by atoms with van der Waals surface area (Å²) in [6.07, 6.45) is 1.78. The summed E-state index contributed by atoms with van der Waals surface area (Å²) >= 11 is 11.9. The maximum absolute atomic E-state index is 14.1. The minimum Gasteiger partial charge on any atom is -0.302 e. The highest BCUT2D eigenvalue weighted by molar-refractivity contribution is 6.31. The molecule has 2 aromatic heterocycles. The number of halogens is 3. The lowest BCUT2D eigenvalue weighted by Gasteiger charge is -2.07. The van der Waals surface area contributed by atoms with Crippen LogP contribution in [0, 0.1) is 19.7 Å². The number of aryl methyl sites for hydroxylation is 2. The van der Waals surface area contributed by atoms with Crippen LogP contribution >= 0.6 is 23.2 Å². The van der Waals surface area contributed by atoms with Crippen LogP contribution in [0.1, 0.15) is 11.4 Å². The average molecular weight is 309 g/mol. The summed E-state index contributed by atoms with van der Waals surface area (Å²) in [5, 5.41) is 0.891. The van der Waals surface area contributed by atoms with Gasteiger partial charge in [0.1, 0.15) is 11.5 Å². The molecule has 3 aromatic rings. The Labute approximate surface area is 125 Å². The Kier molecular flexibility index (Phi) is 3.19. The van der Waals surface area contributed by atoms with E-state index in [9.17, 15) is 4.39 Å². The lowest BCUT2D eigenvalue weighted by atomic mass is 10.1. The van der Waals surface area contributed by atoms with Gasteiger partial charge in [-0.15, -0.1) is 0 Å². The number of benzene rings is 1. The molecule has 0 aliphatic rings. The molecule has 0 unspecified atom stereocenters. The van der Waals surface area contributed by atoms with Gasteiger partial charge in [0.05, 0.1) is 10.7 Å². The largest absolute Gasteiger partial charge is 0.302 e. The van der Waals surface area contributed by atoms with Gasteiger partial charge in [0.15, 0.2) is 0 Å². The molecule has 0 atom stereocenters. The molecule has 0 saturated carbocycles. The smallest absolute Gasteiger partial charge is 0.145 e. The molecular formula is C15H11Cl2FN2. The van der Waals surface area contributed by atoms with Gasteiger partial charge in [-0.1, -0.05) is 23.2 Å². The molecule has 0 saturated heterocycles. The summed E-state index contributed by atoms with van der Waals surface area (Å²) in [6, 6.07) is 6.30. The van der Waals surface area contributed by atoms with Gasteiger partial charge in [-0.25, -0.2) is 9.37 Å². The van der Waals surface area contributed by atoms with Crippen molar-refractivity contribution in [3.05, 3.63) is 57.7 Å². The number of hydrogen-bond donors (Lipinski definition) is 0. The highest BCUT2D eigenvalue weighted by Gasteiger charge is 2.14. The summed E-state index contributed by atoms with van der Waals surface area (Å²) in [5.41, 5.74) is 3.65. The maximum Gasteiger partial charge on any atom is 0.145 e. The Hall–Kier alpha value is -1.58. The lowest BCUT2D eigenvalue weighted by Crippen LogP contribution is -1.93. The van der Waals surface area contributed by atoms with E-state index in [2.05, 4.69) is 4.98 Å². The van der Waals surface area contributed by atoms with E-state index >= 15 is 0 Å². The van der Waals surface area contributed by atoms with Crippen molar-refractivity contribution in [1.29, 1.82) is 0 Å². The van der Waals surface area contributed by atoms with Gasteiger partial charge in [0, 0.05) is 28.0 Å². The summed E-state index contributed by atoms with van der Waals surface area (Å²) in [6.45, 7) is 3.87. The zero-order chi connectivity index (χ0) is 14.4. The van der Waals surface area contributed by atoms with Crippen LogP contribution in [0.15, 0.2) is 30.5 Å². The van der Waals surface area contributed by atoms with Gasteiger partial charge in [-0.3, -0.25) is 0 Å². The molecule has 0 amide bonds. The Morgan fingerprint density at radius 2 is 1.80 bits per heavy atom. The first-order valence-electron chi connectivity index (χ1n) is 6.07. The van der Waals surface area contributed by atoms with Crippen LogP contribution in [-0.2, 0) is 0 Å². The number of pyridine rings is 1. The Morgan fingerprint density at radius 3 is 2.50 bits per heavy atom. The third-order valence-electron chi connectivity index (χ3n) is 3.38. The molecule has 1 aromatic carbocycles. The first-order chi connectivity index (χ1) is 9.47. The second-order valence-corrected chi connectivity index (χ2v) is 5.55. The molecule has 20 heavy (non-hydrogen) atoms. The van der Waals surface area contributed by atoms with Crippen LogP contribution in [0.5, 0.6) is 0 Å². The fraction of sp³-hybridized carbons (Fsp3) is 0.133. The first-order valence-corrected chi connectivity index (χ1v) is 6.83. The molecule has 0 aliphatic heterocycles. The molecule has 0 fully saturated rings. The Balaban J connectivity index is 2.38. The second kappa shape index (κ2) is 4.76. The van der Waals surface area contributed by atoms with Crippen molar-refractivity contribution in [3.63, 3.8) is 0 Å². The van der Waals surface area contributed by atoms with Crippen LogP contribution in [-0.4, -0.2) is 9.38 Å². The number of nitrogens with zero attached hydrogens (tertiary/aromatic N) is 2. The fourth-order valence-electron chi connectivity index (χ4n) is 2.24. The normalized spacial score (nSPS) is 11.2. The lowest BCUT2D eigenvalue weighted by molar-refractivity contribution is 0.631. The summed E-state index contributed by atoms with van der Waals surface area (Å²) in [4.78, 5) is 4.50. The number of imidazole rings is 1. The Bertz CT molecular complexity index is 824. The van der Waals surface area contributed by atoms with E-state index in [-0.39, 0.29) is 5.82 Å². The molecular weight excluding hydrogens is 298 g/mol. The molecule has 3 rings (SSSR count). The molecule has 0 bridgehead atoms. The van der Waals surface area contributed by atoms with E-state index in [0.29, 0.717) is 26.8 Å². The summed E-state index contributed by atoms with van der Waals surface area (Å²) in [7, 11) is 0. The molecule has 102 valence electrons. The van der Waals surface area contributed by atoms with Gasteiger partial charge < -0.3 is 4.40 Å². The van der Waals surface area contributed by atoms with Crippen LogP contribution in [0.25, 0.3) is 16.8 Å². The van der Waals surface area contributed by atoms with Crippen molar-refractivity contribution >= 4 is 28.8 Å². The number of hydrogen-bond acceptors (Lipinski definition) is 1. The van der Waals surface area contributed by atoms with Crippen LogP contribution < -0.4 is 0 Å². The Morgan fingerprint density at radius 1 is 1.05 bits per heavy atom. The van der Waals surface area contributed by atoms with Crippen molar-refractivity contribution in [2.45, 2.75) is 13.8 Å². The monoisotopic (exact) mass is 308 g/mol. The molecule has 0 aliphatic carbocycles. The molecule has 2 nitrogen and oxygen atoms in total. The minimum absolute atomic E-state index is 0.361. The van der Waals surface area contributed by atoms with Crippen LogP contribution in [0.4, 0.5) is 4.39 Å². The molecule has 5 heteroatoms. The number of fused-ring (bicyclic) bond motifs is 1. The zero-order valence-electron chi connectivity index (χ0n) is 10.9. The maximum atomic E-state index is 14.1. The van der Waals surface area contributed by atoms with E-state index in [0.717, 1.165) is 11.4 Å². The summed E-state index contributed by atoms with van der Waals surface area (Å²) in [5.74, 6) is -0.389. The van der Waals surface area contributed by atoms with Crippen molar-refractivity contribution in [2.24, 2.45) is 0 Å². The van der Waals surface area contributed by atoms with Crippen LogP contribution in [0.2, 0.25) is 10.0 Å². The predicted octanol–water partition coefficient (Wildman–Crippen LogP) is 5.06. The molecule has 2 heterocycles. The van der Waals surface area contributed by atoms with Crippen molar-refractivity contribution in [3.8, 4) is 11.1 Å². The molecule has 0 N–H and O–H groups in total. The quantitative estimate of drug-likeness (QED) is 0.614. The third-order valence-corrected chi connectivity index (χ3v) is 3.83. The predicted molar refractivity (Wildman–Crippen MR) is 80.1 cm³/mol. The summed E-state index contributed by atoms with van der Waals surface area (Å²) < 4.78 is 16.0. The highest BCUT2D eigenvalue weighted by Crippen LogP contribution is 2.31. The van der Waals surface area contributed by atoms with E-state index in [1.54, 1.807) is 24.4 Å². The highest BCUT2D eigenvalue weighted by atomic mass is 35.5. The van der Waals surface area contributed by atoms with E-state index in [4.69, 9.17) is 23.2 Å². The van der Waals surface area contributed by atoms with Gasteiger partial charge in [-0.2, -0.15) is 0 Å². The van der Waals surface area contributed by atoms with Gasteiger partial charge in [-0.05, 0) is 38.1 Å². The third kappa shape index (κ3) is 2.07. The second-order valence-electron chi connectivity index (χ2n) is 4.67. The van der Waals surface area contributed by atoms with E-state index in [1.165, 1.54) is 6.07 Å². The van der Waals surface area contributed by atoms with Gasteiger partial charge in [0.25, 0.3) is 0 Å². The molecule has 0 spiro atoms. The average Bonchev–Trinajstić information content (AvgIpc) is 2.66.